The van der Waals surface area contributed by atoms with Crippen LogP contribution >= 0.6 is 0 Å². The van der Waals surface area contributed by atoms with E-state index >= 15 is 0 Å². The first-order chi connectivity index (χ1) is 8.58. The minimum atomic E-state index is -2.39. The Morgan fingerprint density at radius 2 is 1.83 bits per heavy atom. The van der Waals surface area contributed by atoms with Crippen LogP contribution in [0.5, 0.6) is 0 Å². The third kappa shape index (κ3) is 4.37. The summed E-state index contributed by atoms with van der Waals surface area (Å²) in [6, 6.07) is 7.05. The van der Waals surface area contributed by atoms with Gasteiger partial charge in [-0.05, 0) is 24.5 Å². The van der Waals surface area contributed by atoms with Crippen molar-refractivity contribution in [3.63, 3.8) is 0 Å². The van der Waals surface area contributed by atoms with Gasteiger partial charge in [0.25, 0.3) is 6.43 Å². The van der Waals surface area contributed by atoms with Crippen LogP contribution in [0.4, 0.5) is 8.78 Å². The fourth-order valence-corrected chi connectivity index (χ4v) is 2.28. The van der Waals surface area contributed by atoms with Gasteiger partial charge in [-0.15, -0.1) is 0 Å². The molecule has 0 bridgehead atoms. The molecule has 102 valence electrons. The van der Waals surface area contributed by atoms with Crippen LogP contribution in [0.25, 0.3) is 0 Å². The highest BCUT2D eigenvalue weighted by Gasteiger charge is 2.13. The third-order valence-corrected chi connectivity index (χ3v) is 3.59. The van der Waals surface area contributed by atoms with Crippen LogP contribution in [0.2, 0.25) is 0 Å². The molecule has 18 heavy (non-hydrogen) atoms. The summed E-state index contributed by atoms with van der Waals surface area (Å²) in [4.78, 5) is 0. The molecule has 1 unspecified atom stereocenters. The normalized spacial score (nSPS) is 13.3. The van der Waals surface area contributed by atoms with Crippen molar-refractivity contribution in [3.8, 4) is 0 Å². The lowest BCUT2D eigenvalue weighted by Gasteiger charge is -2.22. The molecule has 0 fully saturated rings. The minimum Gasteiger partial charge on any atom is -0.310 e. The molecule has 1 aromatic carbocycles. The molecule has 1 aromatic rings. The monoisotopic (exact) mass is 255 g/mol. The summed E-state index contributed by atoms with van der Waals surface area (Å²) < 4.78 is 25.1. The zero-order valence-corrected chi connectivity index (χ0v) is 11.4. The fourth-order valence-electron chi connectivity index (χ4n) is 2.28. The Kier molecular flexibility index (Phi) is 6.27. The van der Waals surface area contributed by atoms with E-state index in [9.17, 15) is 8.78 Å². The van der Waals surface area contributed by atoms with Crippen LogP contribution in [0.15, 0.2) is 24.3 Å². The van der Waals surface area contributed by atoms with Crippen LogP contribution in [-0.2, 0) is 6.54 Å². The van der Waals surface area contributed by atoms with E-state index in [0.717, 1.165) is 18.4 Å². The number of hydrogen-bond acceptors (Lipinski definition) is 1. The molecule has 0 radical (unpaired) electrons. The van der Waals surface area contributed by atoms with Crippen molar-refractivity contribution >= 4 is 0 Å². The molecule has 1 N–H and O–H groups in total. The van der Waals surface area contributed by atoms with Crippen LogP contribution in [0.1, 0.15) is 51.2 Å². The second-order valence-electron chi connectivity index (χ2n) is 4.79. The smallest absolute Gasteiger partial charge is 0.263 e. The highest BCUT2D eigenvalue weighted by molar-refractivity contribution is 5.24. The maximum atomic E-state index is 12.6. The molecule has 0 saturated heterocycles. The van der Waals surface area contributed by atoms with Crippen molar-refractivity contribution < 1.29 is 8.78 Å². The highest BCUT2D eigenvalue weighted by Crippen LogP contribution is 2.20. The van der Waals surface area contributed by atoms with Gasteiger partial charge in [0, 0.05) is 18.2 Å². The van der Waals surface area contributed by atoms with Gasteiger partial charge in [0.2, 0.25) is 0 Å². The maximum absolute atomic E-state index is 12.6. The lowest BCUT2D eigenvalue weighted by atomic mass is 9.95. The molecule has 1 atom stereocenters. The predicted molar refractivity (Wildman–Crippen MR) is 71.8 cm³/mol. The minimum absolute atomic E-state index is 0.101. The molecule has 1 rings (SSSR count). The Hall–Kier alpha value is -0.960. The second-order valence-corrected chi connectivity index (χ2v) is 4.79. The average molecular weight is 255 g/mol. The van der Waals surface area contributed by atoms with Crippen molar-refractivity contribution in [3.05, 3.63) is 35.4 Å². The van der Waals surface area contributed by atoms with Crippen molar-refractivity contribution in [2.45, 2.75) is 52.6 Å². The molecule has 0 aromatic heterocycles. The van der Waals surface area contributed by atoms with Crippen LogP contribution in [0, 0.1) is 5.92 Å². The van der Waals surface area contributed by atoms with Gasteiger partial charge in [0.05, 0.1) is 0 Å². The molecule has 0 aliphatic heterocycles. The Bertz CT molecular complexity index is 348. The number of alkyl halides is 2. The largest absolute Gasteiger partial charge is 0.310 e. The molecule has 0 heterocycles. The zero-order chi connectivity index (χ0) is 13.5. The maximum Gasteiger partial charge on any atom is 0.263 e. The summed E-state index contributed by atoms with van der Waals surface area (Å²) >= 11 is 0. The molecule has 0 spiro atoms. The van der Waals surface area contributed by atoms with E-state index in [1.165, 1.54) is 6.07 Å². The number of rotatable bonds is 7. The number of hydrogen-bond donors (Lipinski definition) is 1. The Labute approximate surface area is 109 Å². The molecule has 3 heteroatoms. The molecule has 0 saturated carbocycles. The Balaban J connectivity index is 2.55. The number of benzene rings is 1. The summed E-state index contributed by atoms with van der Waals surface area (Å²) in [6.07, 6.45) is -0.106. The second kappa shape index (κ2) is 7.47. The molecule has 1 nitrogen and oxygen atoms in total. The summed E-state index contributed by atoms with van der Waals surface area (Å²) in [5, 5.41) is 3.42. The SMILES string of the molecule is CCC(CC)C(C)NCc1cccc(C(F)F)c1. The number of halogens is 2. The van der Waals surface area contributed by atoms with Gasteiger partial charge >= 0.3 is 0 Å². The van der Waals surface area contributed by atoms with Gasteiger partial charge in [0.1, 0.15) is 0 Å². The van der Waals surface area contributed by atoms with E-state index < -0.39 is 6.43 Å². The van der Waals surface area contributed by atoms with Gasteiger partial charge in [-0.25, -0.2) is 8.78 Å². The fraction of sp³-hybridized carbons (Fsp3) is 0.600. The highest BCUT2D eigenvalue weighted by atomic mass is 19.3. The Morgan fingerprint density at radius 3 is 2.39 bits per heavy atom. The lowest BCUT2D eigenvalue weighted by molar-refractivity contribution is 0.151. The quantitative estimate of drug-likeness (QED) is 0.754. The first-order valence-electron chi connectivity index (χ1n) is 6.68. The standard InChI is InChI=1S/C15H23F2N/c1-4-13(5-2)11(3)18-10-12-7-6-8-14(9-12)15(16)17/h6-9,11,13,15,18H,4-5,10H2,1-3H3. The lowest BCUT2D eigenvalue weighted by Crippen LogP contribution is -2.32. The van der Waals surface area contributed by atoms with Gasteiger partial charge < -0.3 is 5.32 Å². The molecule has 0 aliphatic carbocycles. The summed E-state index contributed by atoms with van der Waals surface area (Å²) in [5.74, 6) is 0.642. The van der Waals surface area contributed by atoms with E-state index in [1.807, 2.05) is 6.07 Å². The van der Waals surface area contributed by atoms with E-state index in [-0.39, 0.29) is 5.56 Å². The van der Waals surface area contributed by atoms with Crippen molar-refractivity contribution in [2.24, 2.45) is 5.92 Å². The zero-order valence-electron chi connectivity index (χ0n) is 11.4. The summed E-state index contributed by atoms with van der Waals surface area (Å²) in [6.45, 7) is 7.18. The van der Waals surface area contributed by atoms with Gasteiger partial charge in [-0.3, -0.25) is 0 Å². The van der Waals surface area contributed by atoms with Crippen molar-refractivity contribution in [1.82, 2.24) is 5.32 Å². The van der Waals surface area contributed by atoms with Crippen LogP contribution in [-0.4, -0.2) is 6.04 Å². The van der Waals surface area contributed by atoms with Gasteiger partial charge in [-0.2, -0.15) is 0 Å². The van der Waals surface area contributed by atoms with E-state index in [4.69, 9.17) is 0 Å². The Morgan fingerprint density at radius 1 is 1.17 bits per heavy atom. The van der Waals surface area contributed by atoms with Crippen molar-refractivity contribution in [1.29, 1.82) is 0 Å². The van der Waals surface area contributed by atoms with Crippen LogP contribution < -0.4 is 5.32 Å². The molecular weight excluding hydrogens is 232 g/mol. The average Bonchev–Trinajstić information content (AvgIpc) is 2.38. The predicted octanol–water partition coefficient (Wildman–Crippen LogP) is 4.54. The first kappa shape index (κ1) is 15.1. The molecular formula is C15H23F2N. The number of nitrogens with one attached hydrogen (secondary N) is 1. The van der Waals surface area contributed by atoms with E-state index in [2.05, 4.69) is 26.1 Å². The third-order valence-electron chi connectivity index (χ3n) is 3.59. The van der Waals surface area contributed by atoms with E-state index in [0.29, 0.717) is 18.5 Å². The first-order valence-corrected chi connectivity index (χ1v) is 6.68. The van der Waals surface area contributed by atoms with Crippen molar-refractivity contribution in [2.75, 3.05) is 0 Å². The van der Waals surface area contributed by atoms with Gasteiger partial charge in [-0.1, -0.05) is 44.9 Å². The molecule has 0 aliphatic rings. The van der Waals surface area contributed by atoms with Gasteiger partial charge in [0.15, 0.2) is 0 Å². The summed E-state index contributed by atoms with van der Waals surface area (Å²) in [5.41, 5.74) is 1.02. The van der Waals surface area contributed by atoms with E-state index in [1.54, 1.807) is 12.1 Å². The topological polar surface area (TPSA) is 12.0 Å². The van der Waals surface area contributed by atoms with Crippen LogP contribution in [0.3, 0.4) is 0 Å². The molecule has 0 amide bonds. The summed E-state index contributed by atoms with van der Waals surface area (Å²) in [7, 11) is 0.